The Morgan fingerprint density at radius 3 is 2.20 bits per heavy atom. The number of fused-ring (bicyclic) bond motifs is 3. The Labute approximate surface area is 121 Å². The largest absolute Gasteiger partial charge is 0.485 e. The van der Waals surface area contributed by atoms with Crippen molar-refractivity contribution in [2.45, 2.75) is 47.6 Å². The summed E-state index contributed by atoms with van der Waals surface area (Å²) < 4.78 is 6.29. The fraction of sp³-hybridized carbons (Fsp3) is 0.368. The number of aryl methyl sites for hydroxylation is 1. The molecule has 1 aliphatic heterocycles. The molecule has 0 amide bonds. The first-order chi connectivity index (χ1) is 9.43. The van der Waals surface area contributed by atoms with Crippen LogP contribution in [0.4, 0.5) is 0 Å². The van der Waals surface area contributed by atoms with Crippen LogP contribution in [0.5, 0.6) is 5.75 Å². The Kier molecular flexibility index (Phi) is 2.89. The van der Waals surface area contributed by atoms with Crippen molar-refractivity contribution < 1.29 is 4.74 Å². The van der Waals surface area contributed by atoms with E-state index in [1.165, 1.54) is 44.5 Å². The van der Waals surface area contributed by atoms with Gasteiger partial charge in [0.05, 0.1) is 0 Å². The van der Waals surface area contributed by atoms with E-state index in [-0.39, 0.29) is 6.10 Å². The molecular weight excluding hydrogens is 244 g/mol. The van der Waals surface area contributed by atoms with Gasteiger partial charge in [-0.25, -0.2) is 0 Å². The number of rotatable bonds is 0. The van der Waals surface area contributed by atoms with Crippen molar-refractivity contribution in [1.29, 1.82) is 0 Å². The van der Waals surface area contributed by atoms with Crippen molar-refractivity contribution in [3.8, 4) is 16.9 Å². The van der Waals surface area contributed by atoms with Gasteiger partial charge < -0.3 is 4.74 Å². The van der Waals surface area contributed by atoms with Crippen LogP contribution in [0.15, 0.2) is 18.2 Å². The highest BCUT2D eigenvalue weighted by molar-refractivity contribution is 5.82. The first-order valence-electron chi connectivity index (χ1n) is 7.30. The van der Waals surface area contributed by atoms with Crippen LogP contribution in [0.3, 0.4) is 0 Å². The summed E-state index contributed by atoms with van der Waals surface area (Å²) in [5.74, 6) is 1.08. The minimum Gasteiger partial charge on any atom is -0.485 e. The third kappa shape index (κ3) is 1.62. The summed E-state index contributed by atoms with van der Waals surface area (Å²) in [6.45, 7) is 13.1. The summed E-state index contributed by atoms with van der Waals surface area (Å²) in [6, 6.07) is 6.56. The lowest BCUT2D eigenvalue weighted by atomic mass is 9.83. The zero-order chi connectivity index (χ0) is 14.6. The Balaban J connectivity index is 2.44. The van der Waals surface area contributed by atoms with Gasteiger partial charge in [-0.05, 0) is 74.9 Å². The van der Waals surface area contributed by atoms with E-state index in [0.717, 1.165) is 5.75 Å². The van der Waals surface area contributed by atoms with Crippen molar-refractivity contribution in [2.75, 3.05) is 0 Å². The number of benzene rings is 2. The van der Waals surface area contributed by atoms with Crippen LogP contribution in [-0.2, 0) is 0 Å². The molecular formula is C19H22O. The third-order valence-electron chi connectivity index (χ3n) is 4.92. The zero-order valence-electron chi connectivity index (χ0n) is 13.2. The van der Waals surface area contributed by atoms with Crippen LogP contribution in [0.1, 0.15) is 46.4 Å². The van der Waals surface area contributed by atoms with Crippen molar-refractivity contribution in [2.24, 2.45) is 0 Å². The molecule has 3 rings (SSSR count). The van der Waals surface area contributed by atoms with E-state index in [1.807, 2.05) is 0 Å². The lowest BCUT2D eigenvalue weighted by Crippen LogP contribution is -2.15. The van der Waals surface area contributed by atoms with Gasteiger partial charge in [-0.15, -0.1) is 0 Å². The molecule has 20 heavy (non-hydrogen) atoms. The van der Waals surface area contributed by atoms with E-state index in [4.69, 9.17) is 4.74 Å². The maximum atomic E-state index is 6.29. The normalized spacial score (nSPS) is 16.4. The van der Waals surface area contributed by atoms with Gasteiger partial charge in [-0.1, -0.05) is 18.2 Å². The smallest absolute Gasteiger partial charge is 0.131 e. The molecule has 1 aliphatic rings. The van der Waals surface area contributed by atoms with Crippen LogP contribution in [0, 0.1) is 34.6 Å². The fourth-order valence-electron chi connectivity index (χ4n) is 3.42. The second-order valence-corrected chi connectivity index (χ2v) is 6.00. The molecule has 2 aromatic rings. The Morgan fingerprint density at radius 2 is 1.50 bits per heavy atom. The molecule has 0 saturated heterocycles. The lowest BCUT2D eigenvalue weighted by Gasteiger charge is -2.32. The molecule has 0 radical (unpaired) electrons. The molecule has 1 unspecified atom stereocenters. The van der Waals surface area contributed by atoms with E-state index in [2.05, 4.69) is 59.7 Å². The van der Waals surface area contributed by atoms with E-state index in [9.17, 15) is 0 Å². The molecule has 104 valence electrons. The highest BCUT2D eigenvalue weighted by atomic mass is 16.5. The summed E-state index contributed by atoms with van der Waals surface area (Å²) >= 11 is 0. The molecule has 0 spiro atoms. The van der Waals surface area contributed by atoms with Crippen LogP contribution in [0.25, 0.3) is 11.1 Å². The first-order valence-corrected chi connectivity index (χ1v) is 7.30. The van der Waals surface area contributed by atoms with Crippen molar-refractivity contribution in [3.63, 3.8) is 0 Å². The standard InChI is InChI=1S/C19H22O/c1-10-8-7-9-16-17(10)15(6)20-19-14(5)12(3)11(2)13(4)18(16)19/h7-9,15H,1-6H3. The number of hydrogen-bond donors (Lipinski definition) is 0. The van der Waals surface area contributed by atoms with Gasteiger partial charge in [0.15, 0.2) is 0 Å². The number of hydrogen-bond acceptors (Lipinski definition) is 1. The van der Waals surface area contributed by atoms with Gasteiger partial charge in [-0.3, -0.25) is 0 Å². The molecule has 0 aliphatic carbocycles. The van der Waals surface area contributed by atoms with E-state index >= 15 is 0 Å². The monoisotopic (exact) mass is 266 g/mol. The summed E-state index contributed by atoms with van der Waals surface area (Å²) in [7, 11) is 0. The zero-order valence-corrected chi connectivity index (χ0v) is 13.2. The van der Waals surface area contributed by atoms with Gasteiger partial charge in [0.25, 0.3) is 0 Å². The Bertz CT molecular complexity index is 710. The maximum absolute atomic E-state index is 6.29. The molecule has 0 fully saturated rings. The maximum Gasteiger partial charge on any atom is 0.131 e. The molecule has 0 aromatic heterocycles. The van der Waals surface area contributed by atoms with Gasteiger partial charge in [0.2, 0.25) is 0 Å². The van der Waals surface area contributed by atoms with Gasteiger partial charge in [0, 0.05) is 11.1 Å². The third-order valence-corrected chi connectivity index (χ3v) is 4.92. The Morgan fingerprint density at radius 1 is 0.850 bits per heavy atom. The molecule has 0 bridgehead atoms. The van der Waals surface area contributed by atoms with Gasteiger partial charge in [-0.2, -0.15) is 0 Å². The quantitative estimate of drug-likeness (QED) is 0.624. The summed E-state index contributed by atoms with van der Waals surface area (Å²) in [5.41, 5.74) is 10.7. The van der Waals surface area contributed by atoms with Gasteiger partial charge >= 0.3 is 0 Å². The average Bonchev–Trinajstić information content (AvgIpc) is 2.42. The fourth-order valence-corrected chi connectivity index (χ4v) is 3.42. The SMILES string of the molecule is Cc1cccc2c1C(C)Oc1c(C)c(C)c(C)c(C)c1-2. The van der Waals surface area contributed by atoms with E-state index < -0.39 is 0 Å². The minimum absolute atomic E-state index is 0.124. The first kappa shape index (κ1) is 13.2. The van der Waals surface area contributed by atoms with Crippen LogP contribution in [-0.4, -0.2) is 0 Å². The summed E-state index contributed by atoms with van der Waals surface area (Å²) in [4.78, 5) is 0. The topological polar surface area (TPSA) is 9.23 Å². The van der Waals surface area contributed by atoms with Gasteiger partial charge in [0.1, 0.15) is 11.9 Å². The molecule has 1 heterocycles. The average molecular weight is 266 g/mol. The highest BCUT2D eigenvalue weighted by Crippen LogP contribution is 2.48. The van der Waals surface area contributed by atoms with E-state index in [1.54, 1.807) is 0 Å². The molecule has 1 heteroatoms. The number of ether oxygens (including phenoxy) is 1. The molecule has 2 aromatic carbocycles. The second kappa shape index (κ2) is 4.37. The van der Waals surface area contributed by atoms with Crippen LogP contribution < -0.4 is 4.74 Å². The lowest BCUT2D eigenvalue weighted by molar-refractivity contribution is 0.220. The predicted octanol–water partition coefficient (Wildman–Crippen LogP) is 5.35. The second-order valence-electron chi connectivity index (χ2n) is 6.00. The van der Waals surface area contributed by atoms with Crippen molar-refractivity contribution >= 4 is 0 Å². The van der Waals surface area contributed by atoms with Crippen molar-refractivity contribution in [3.05, 3.63) is 51.6 Å². The molecule has 0 saturated carbocycles. The summed E-state index contributed by atoms with van der Waals surface area (Å²) in [6.07, 6.45) is 0.124. The van der Waals surface area contributed by atoms with Crippen LogP contribution >= 0.6 is 0 Å². The van der Waals surface area contributed by atoms with E-state index in [0.29, 0.717) is 0 Å². The molecule has 1 nitrogen and oxygen atoms in total. The van der Waals surface area contributed by atoms with Crippen molar-refractivity contribution in [1.82, 2.24) is 0 Å². The molecule has 1 atom stereocenters. The molecule has 0 N–H and O–H groups in total. The summed E-state index contributed by atoms with van der Waals surface area (Å²) in [5, 5.41) is 0. The highest BCUT2D eigenvalue weighted by Gasteiger charge is 2.28. The minimum atomic E-state index is 0.124. The predicted molar refractivity (Wildman–Crippen MR) is 84.6 cm³/mol. The van der Waals surface area contributed by atoms with Crippen LogP contribution in [0.2, 0.25) is 0 Å². The Hall–Kier alpha value is -1.76.